The van der Waals surface area contributed by atoms with Gasteiger partial charge in [-0.05, 0) is 24.0 Å². The lowest BCUT2D eigenvalue weighted by atomic mass is 9.97. The molecular formula is C19H24N2. The molecule has 1 aliphatic heterocycles. The molecule has 0 spiro atoms. The molecule has 1 aliphatic rings. The molecule has 1 saturated heterocycles. The van der Waals surface area contributed by atoms with Gasteiger partial charge in [-0.1, -0.05) is 60.7 Å². The molecule has 1 atom stereocenters. The van der Waals surface area contributed by atoms with Crippen molar-refractivity contribution in [2.24, 2.45) is 0 Å². The van der Waals surface area contributed by atoms with Gasteiger partial charge in [0.2, 0.25) is 0 Å². The van der Waals surface area contributed by atoms with E-state index in [2.05, 4.69) is 70.9 Å². The summed E-state index contributed by atoms with van der Waals surface area (Å²) in [5.74, 6) is 0. The number of hydrogen-bond acceptors (Lipinski definition) is 2. The highest BCUT2D eigenvalue weighted by atomic mass is 15.2. The van der Waals surface area contributed by atoms with Crippen LogP contribution in [0.15, 0.2) is 60.7 Å². The van der Waals surface area contributed by atoms with Crippen molar-refractivity contribution in [2.75, 3.05) is 26.2 Å². The van der Waals surface area contributed by atoms with Gasteiger partial charge in [0.05, 0.1) is 0 Å². The fourth-order valence-corrected chi connectivity index (χ4v) is 3.18. The maximum atomic E-state index is 3.45. The Bertz CT molecular complexity index is 518. The Balaban J connectivity index is 1.72. The summed E-state index contributed by atoms with van der Waals surface area (Å²) >= 11 is 0. The number of benzene rings is 2. The van der Waals surface area contributed by atoms with Crippen molar-refractivity contribution < 1.29 is 0 Å². The Morgan fingerprint density at radius 2 is 1.48 bits per heavy atom. The van der Waals surface area contributed by atoms with Crippen molar-refractivity contribution >= 4 is 0 Å². The maximum absolute atomic E-state index is 3.45. The van der Waals surface area contributed by atoms with E-state index in [9.17, 15) is 0 Å². The molecule has 1 unspecified atom stereocenters. The summed E-state index contributed by atoms with van der Waals surface area (Å²) in [5, 5.41) is 3.45. The van der Waals surface area contributed by atoms with Gasteiger partial charge in [-0.3, -0.25) is 4.90 Å². The Hall–Kier alpha value is -1.64. The van der Waals surface area contributed by atoms with Crippen molar-refractivity contribution in [1.29, 1.82) is 0 Å². The minimum Gasteiger partial charge on any atom is -0.314 e. The quantitative estimate of drug-likeness (QED) is 0.904. The highest BCUT2D eigenvalue weighted by Crippen LogP contribution is 2.26. The minimum atomic E-state index is 0.536. The van der Waals surface area contributed by atoms with Crippen LogP contribution < -0.4 is 5.32 Å². The van der Waals surface area contributed by atoms with Gasteiger partial charge in [0.25, 0.3) is 0 Å². The molecule has 2 nitrogen and oxygen atoms in total. The molecule has 1 fully saturated rings. The van der Waals surface area contributed by atoms with Crippen molar-refractivity contribution in [3.8, 4) is 0 Å². The molecule has 1 heterocycles. The van der Waals surface area contributed by atoms with E-state index < -0.39 is 0 Å². The first-order valence-electron chi connectivity index (χ1n) is 7.97. The highest BCUT2D eigenvalue weighted by Gasteiger charge is 2.21. The SMILES string of the molecule is c1ccc(CCC(c2ccccc2)N2CCNCC2)cc1. The van der Waals surface area contributed by atoms with Gasteiger partial charge in [0, 0.05) is 32.2 Å². The van der Waals surface area contributed by atoms with Gasteiger partial charge in [0.1, 0.15) is 0 Å². The van der Waals surface area contributed by atoms with Crippen LogP contribution in [0, 0.1) is 0 Å². The van der Waals surface area contributed by atoms with Crippen LogP contribution in [0.25, 0.3) is 0 Å². The van der Waals surface area contributed by atoms with E-state index >= 15 is 0 Å². The van der Waals surface area contributed by atoms with Crippen molar-refractivity contribution in [1.82, 2.24) is 10.2 Å². The highest BCUT2D eigenvalue weighted by molar-refractivity contribution is 5.21. The zero-order valence-corrected chi connectivity index (χ0v) is 12.5. The Kier molecular flexibility index (Phi) is 5.03. The standard InChI is InChI=1S/C19H24N2/c1-3-7-17(8-4-1)11-12-19(18-9-5-2-6-10-18)21-15-13-20-14-16-21/h1-10,19-20H,11-16H2. The molecule has 1 N–H and O–H groups in total. The van der Waals surface area contributed by atoms with E-state index in [0.29, 0.717) is 6.04 Å². The van der Waals surface area contributed by atoms with Crippen LogP contribution in [0.3, 0.4) is 0 Å². The number of nitrogens with one attached hydrogen (secondary N) is 1. The molecule has 2 aromatic rings. The second-order valence-corrected chi connectivity index (χ2v) is 5.74. The third kappa shape index (κ3) is 3.93. The average Bonchev–Trinajstić information content (AvgIpc) is 2.58. The van der Waals surface area contributed by atoms with Crippen LogP contribution >= 0.6 is 0 Å². The number of nitrogens with zero attached hydrogens (tertiary/aromatic N) is 1. The molecule has 2 heteroatoms. The van der Waals surface area contributed by atoms with E-state index in [1.165, 1.54) is 17.5 Å². The number of piperazine rings is 1. The third-order valence-electron chi connectivity index (χ3n) is 4.33. The van der Waals surface area contributed by atoms with Crippen LogP contribution in [-0.2, 0) is 6.42 Å². The number of rotatable bonds is 5. The summed E-state index contributed by atoms with van der Waals surface area (Å²) in [6.07, 6.45) is 2.33. The normalized spacial score (nSPS) is 17.5. The van der Waals surface area contributed by atoms with Gasteiger partial charge >= 0.3 is 0 Å². The largest absolute Gasteiger partial charge is 0.314 e. The van der Waals surface area contributed by atoms with Gasteiger partial charge in [-0.25, -0.2) is 0 Å². The molecule has 0 aromatic heterocycles. The topological polar surface area (TPSA) is 15.3 Å². The number of aryl methyl sites for hydroxylation is 1. The average molecular weight is 280 g/mol. The molecule has 3 rings (SSSR count). The predicted molar refractivity (Wildman–Crippen MR) is 88.4 cm³/mol. The van der Waals surface area contributed by atoms with E-state index in [4.69, 9.17) is 0 Å². The van der Waals surface area contributed by atoms with Gasteiger partial charge in [-0.15, -0.1) is 0 Å². The van der Waals surface area contributed by atoms with Crippen molar-refractivity contribution in [3.05, 3.63) is 71.8 Å². The molecule has 0 amide bonds. The molecule has 0 aliphatic carbocycles. The Labute approximate surface area is 127 Å². The lowest BCUT2D eigenvalue weighted by molar-refractivity contribution is 0.165. The first kappa shape index (κ1) is 14.3. The lowest BCUT2D eigenvalue weighted by Gasteiger charge is -2.35. The van der Waals surface area contributed by atoms with E-state index in [1.807, 2.05) is 0 Å². The number of hydrogen-bond donors (Lipinski definition) is 1. The molecule has 2 aromatic carbocycles. The zero-order chi connectivity index (χ0) is 14.3. The first-order chi connectivity index (χ1) is 10.4. The van der Waals surface area contributed by atoms with Crippen LogP contribution in [0.4, 0.5) is 0 Å². The lowest BCUT2D eigenvalue weighted by Crippen LogP contribution is -2.45. The van der Waals surface area contributed by atoms with Gasteiger partial charge in [0.15, 0.2) is 0 Å². The third-order valence-corrected chi connectivity index (χ3v) is 4.33. The molecule has 0 saturated carbocycles. The molecule has 0 bridgehead atoms. The van der Waals surface area contributed by atoms with Crippen molar-refractivity contribution in [2.45, 2.75) is 18.9 Å². The smallest absolute Gasteiger partial charge is 0.0352 e. The van der Waals surface area contributed by atoms with E-state index in [-0.39, 0.29) is 0 Å². The minimum absolute atomic E-state index is 0.536. The monoisotopic (exact) mass is 280 g/mol. The van der Waals surface area contributed by atoms with Gasteiger partial charge < -0.3 is 5.32 Å². The van der Waals surface area contributed by atoms with Crippen LogP contribution in [-0.4, -0.2) is 31.1 Å². The van der Waals surface area contributed by atoms with E-state index in [1.54, 1.807) is 0 Å². The van der Waals surface area contributed by atoms with Crippen LogP contribution in [0.2, 0.25) is 0 Å². The molecule has 110 valence electrons. The predicted octanol–water partition coefficient (Wildman–Crippen LogP) is 3.27. The van der Waals surface area contributed by atoms with Gasteiger partial charge in [-0.2, -0.15) is 0 Å². The first-order valence-corrected chi connectivity index (χ1v) is 7.97. The fraction of sp³-hybridized carbons (Fsp3) is 0.368. The summed E-state index contributed by atoms with van der Waals surface area (Å²) in [6, 6.07) is 22.3. The second-order valence-electron chi connectivity index (χ2n) is 5.74. The summed E-state index contributed by atoms with van der Waals surface area (Å²) in [5.41, 5.74) is 2.89. The summed E-state index contributed by atoms with van der Waals surface area (Å²) in [7, 11) is 0. The molecular weight excluding hydrogens is 256 g/mol. The van der Waals surface area contributed by atoms with Crippen LogP contribution in [0.5, 0.6) is 0 Å². The summed E-state index contributed by atoms with van der Waals surface area (Å²) in [6.45, 7) is 4.51. The second kappa shape index (κ2) is 7.39. The van der Waals surface area contributed by atoms with E-state index in [0.717, 1.165) is 32.6 Å². The summed E-state index contributed by atoms with van der Waals surface area (Å²) < 4.78 is 0. The molecule has 0 radical (unpaired) electrons. The zero-order valence-electron chi connectivity index (χ0n) is 12.5. The molecule has 21 heavy (non-hydrogen) atoms. The summed E-state index contributed by atoms with van der Waals surface area (Å²) in [4.78, 5) is 2.63. The van der Waals surface area contributed by atoms with Crippen molar-refractivity contribution in [3.63, 3.8) is 0 Å². The van der Waals surface area contributed by atoms with Crippen LogP contribution in [0.1, 0.15) is 23.6 Å². The fourth-order valence-electron chi connectivity index (χ4n) is 3.18. The maximum Gasteiger partial charge on any atom is 0.0352 e. The Morgan fingerprint density at radius 1 is 0.857 bits per heavy atom. The Morgan fingerprint density at radius 3 is 2.14 bits per heavy atom.